The zero-order chi connectivity index (χ0) is 42.1. The van der Waals surface area contributed by atoms with Gasteiger partial charge in [-0.05, 0) is 105 Å². The summed E-state index contributed by atoms with van der Waals surface area (Å²) in [4.78, 5) is 2.45. The molecule has 4 heteroatoms. The number of benzene rings is 10. The molecule has 10 aromatic carbocycles. The minimum Gasteiger partial charge on any atom is -0.456 e. The normalized spacial score (nSPS) is 13.7. The molecule has 0 aliphatic heterocycles. The van der Waals surface area contributed by atoms with Gasteiger partial charge < -0.3 is 18.1 Å². The molecular formula is C61H35N3O. The fourth-order valence-electron chi connectivity index (χ4n) is 12.5. The lowest BCUT2D eigenvalue weighted by Crippen LogP contribution is -2.26. The first kappa shape index (κ1) is 34.0. The highest BCUT2D eigenvalue weighted by molar-refractivity contribution is 6.25. The van der Waals surface area contributed by atoms with Crippen molar-refractivity contribution in [1.82, 2.24) is 8.80 Å². The van der Waals surface area contributed by atoms with Crippen molar-refractivity contribution in [2.75, 3.05) is 4.90 Å². The number of para-hydroxylation sites is 3. The van der Waals surface area contributed by atoms with Gasteiger partial charge in [-0.25, -0.2) is 0 Å². The van der Waals surface area contributed by atoms with Crippen LogP contribution in [0.5, 0.6) is 0 Å². The van der Waals surface area contributed by atoms with E-state index in [9.17, 15) is 0 Å². The summed E-state index contributed by atoms with van der Waals surface area (Å²) in [5.41, 5.74) is 22.2. The zero-order valence-electron chi connectivity index (χ0n) is 35.0. The van der Waals surface area contributed by atoms with Crippen molar-refractivity contribution in [2.45, 2.75) is 5.41 Å². The molecule has 16 rings (SSSR count). The van der Waals surface area contributed by atoms with Gasteiger partial charge >= 0.3 is 0 Å². The molecule has 0 atom stereocenters. The molecule has 0 N–H and O–H groups in total. The molecule has 2 aliphatic rings. The van der Waals surface area contributed by atoms with Gasteiger partial charge in [0.25, 0.3) is 0 Å². The molecule has 0 saturated heterocycles. The summed E-state index contributed by atoms with van der Waals surface area (Å²) in [7, 11) is 0. The number of aromatic nitrogens is 2. The van der Waals surface area contributed by atoms with E-state index >= 15 is 0 Å². The van der Waals surface area contributed by atoms with Crippen molar-refractivity contribution in [1.29, 1.82) is 0 Å². The Balaban J connectivity index is 1.02. The Bertz CT molecular complexity index is 4330. The molecule has 0 bridgehead atoms. The van der Waals surface area contributed by atoms with Crippen LogP contribution in [-0.4, -0.2) is 8.80 Å². The van der Waals surface area contributed by atoms with Crippen LogP contribution >= 0.6 is 0 Å². The summed E-state index contributed by atoms with van der Waals surface area (Å²) < 4.78 is 11.6. The third-order valence-corrected chi connectivity index (χ3v) is 15.0. The Kier molecular flexibility index (Phi) is 6.21. The summed E-state index contributed by atoms with van der Waals surface area (Å²) >= 11 is 0. The summed E-state index contributed by atoms with van der Waals surface area (Å²) in [6.07, 6.45) is 0. The van der Waals surface area contributed by atoms with E-state index in [0.717, 1.165) is 50.0 Å². The fourth-order valence-corrected chi connectivity index (χ4v) is 12.5. The van der Waals surface area contributed by atoms with Crippen molar-refractivity contribution in [2.24, 2.45) is 0 Å². The number of hydrogen-bond donors (Lipinski definition) is 0. The molecule has 1 spiro atoms. The molecule has 0 unspecified atom stereocenters. The Morgan fingerprint density at radius 1 is 0.308 bits per heavy atom. The Morgan fingerprint density at radius 2 is 0.769 bits per heavy atom. The van der Waals surface area contributed by atoms with Crippen LogP contribution in [0.25, 0.3) is 98.8 Å². The molecular weight excluding hydrogens is 791 g/mol. The molecule has 0 saturated carbocycles. The molecule has 65 heavy (non-hydrogen) atoms. The highest BCUT2D eigenvalue weighted by Crippen LogP contribution is 2.63. The van der Waals surface area contributed by atoms with Crippen molar-refractivity contribution in [3.63, 3.8) is 0 Å². The maximum absolute atomic E-state index is 6.62. The van der Waals surface area contributed by atoms with E-state index in [1.54, 1.807) is 0 Å². The first-order valence-corrected chi connectivity index (χ1v) is 22.5. The van der Waals surface area contributed by atoms with Crippen molar-refractivity contribution in [3.8, 4) is 22.3 Å². The summed E-state index contributed by atoms with van der Waals surface area (Å²) in [5.74, 6) is 0. The minimum absolute atomic E-state index is 0.473. The van der Waals surface area contributed by atoms with Crippen LogP contribution in [-0.2, 0) is 5.41 Å². The standard InChI is InChI=1S/C61H35N3O/c1-7-19-49-39(13-1)40-14-2-8-20-50(40)61(49)51-21-9-3-15-41(51)42-28-25-36(33-52(42)61)62(38-26-29-46-45-18-6-12-24-57(45)65-58(46)35-38)37-27-32-55-56(34-37)64-54-23-11-5-17-44(54)48-31-30-47-43-16-4-10-22-53(43)63(55)59(47)60(48)64/h1-35H. The van der Waals surface area contributed by atoms with Gasteiger partial charge in [-0.3, -0.25) is 0 Å². The number of fused-ring (bicyclic) bond motifs is 22. The summed E-state index contributed by atoms with van der Waals surface area (Å²) in [5, 5.41) is 7.29. The van der Waals surface area contributed by atoms with Gasteiger partial charge in [0.05, 0.1) is 38.5 Å². The van der Waals surface area contributed by atoms with Crippen molar-refractivity contribution >= 4 is 93.6 Å². The maximum atomic E-state index is 6.62. The van der Waals surface area contributed by atoms with E-state index in [-0.39, 0.29) is 0 Å². The van der Waals surface area contributed by atoms with E-state index in [1.807, 2.05) is 6.07 Å². The lowest BCUT2D eigenvalue weighted by atomic mass is 9.70. The highest BCUT2D eigenvalue weighted by atomic mass is 16.3. The topological polar surface area (TPSA) is 25.2 Å². The second-order valence-corrected chi connectivity index (χ2v) is 18.0. The van der Waals surface area contributed by atoms with Crippen LogP contribution in [0, 0.1) is 0 Å². The quantitative estimate of drug-likeness (QED) is 0.166. The minimum atomic E-state index is -0.473. The Hall–Kier alpha value is -8.60. The average Bonchev–Trinajstić information content (AvgIpc) is 4.15. The smallest absolute Gasteiger partial charge is 0.137 e. The molecule has 0 fully saturated rings. The fraction of sp³-hybridized carbons (Fsp3) is 0.0164. The van der Waals surface area contributed by atoms with Gasteiger partial charge in [-0.1, -0.05) is 146 Å². The van der Waals surface area contributed by atoms with Crippen LogP contribution < -0.4 is 4.90 Å². The zero-order valence-corrected chi connectivity index (χ0v) is 35.0. The summed E-state index contributed by atoms with van der Waals surface area (Å²) in [6, 6.07) is 78.9. The van der Waals surface area contributed by atoms with Gasteiger partial charge in [0.2, 0.25) is 0 Å². The molecule has 300 valence electrons. The Morgan fingerprint density at radius 3 is 1.43 bits per heavy atom. The Labute approximate surface area is 372 Å². The monoisotopic (exact) mass is 825 g/mol. The van der Waals surface area contributed by atoms with Gasteiger partial charge in [0.15, 0.2) is 0 Å². The lowest BCUT2D eigenvalue weighted by Gasteiger charge is -2.32. The first-order valence-electron chi connectivity index (χ1n) is 22.5. The van der Waals surface area contributed by atoms with Crippen LogP contribution in [0.2, 0.25) is 0 Å². The number of nitrogens with zero attached hydrogens (tertiary/aromatic N) is 3. The van der Waals surface area contributed by atoms with Crippen molar-refractivity contribution < 1.29 is 4.42 Å². The number of hydrogen-bond acceptors (Lipinski definition) is 2. The molecule has 4 aromatic heterocycles. The van der Waals surface area contributed by atoms with Gasteiger partial charge in [0.1, 0.15) is 11.2 Å². The van der Waals surface area contributed by atoms with E-state index in [1.165, 1.54) is 88.1 Å². The summed E-state index contributed by atoms with van der Waals surface area (Å²) in [6.45, 7) is 0. The molecule has 4 heterocycles. The van der Waals surface area contributed by atoms with E-state index in [4.69, 9.17) is 4.42 Å². The van der Waals surface area contributed by atoms with Crippen LogP contribution in [0.1, 0.15) is 22.3 Å². The third-order valence-electron chi connectivity index (χ3n) is 15.0. The second kappa shape index (κ2) is 11.9. The molecule has 2 aliphatic carbocycles. The molecule has 0 amide bonds. The number of rotatable bonds is 3. The van der Waals surface area contributed by atoms with Gasteiger partial charge in [0, 0.05) is 55.4 Å². The van der Waals surface area contributed by atoms with Crippen molar-refractivity contribution in [3.05, 3.63) is 235 Å². The van der Waals surface area contributed by atoms with Crippen LogP contribution in [0.15, 0.2) is 217 Å². The SMILES string of the molecule is c1ccc2c(c1)-c1ccccc1C21c2ccccc2-c2ccc(N(c3ccc4c(c3)oc3ccccc34)c3ccc4c(c3)n3c5ccccc5c5ccc6c7ccccc7n4c6c53)cc21. The highest BCUT2D eigenvalue weighted by Gasteiger charge is 2.51. The predicted octanol–water partition coefficient (Wildman–Crippen LogP) is 16.0. The lowest BCUT2D eigenvalue weighted by molar-refractivity contribution is 0.669. The molecule has 0 radical (unpaired) electrons. The number of anilines is 3. The predicted molar refractivity (Wildman–Crippen MR) is 268 cm³/mol. The van der Waals surface area contributed by atoms with Crippen LogP contribution in [0.4, 0.5) is 17.1 Å². The number of furan rings is 1. The maximum Gasteiger partial charge on any atom is 0.137 e. The second-order valence-electron chi connectivity index (χ2n) is 18.0. The van der Waals surface area contributed by atoms with Crippen LogP contribution in [0.3, 0.4) is 0 Å². The van der Waals surface area contributed by atoms with E-state index < -0.39 is 5.41 Å². The molecule has 14 aromatic rings. The van der Waals surface area contributed by atoms with E-state index in [0.29, 0.717) is 0 Å². The third kappa shape index (κ3) is 4.05. The molecule has 4 nitrogen and oxygen atoms in total. The van der Waals surface area contributed by atoms with E-state index in [2.05, 4.69) is 220 Å². The average molecular weight is 826 g/mol. The van der Waals surface area contributed by atoms with Gasteiger partial charge in [-0.2, -0.15) is 0 Å². The van der Waals surface area contributed by atoms with Gasteiger partial charge in [-0.15, -0.1) is 0 Å². The largest absolute Gasteiger partial charge is 0.456 e. The first-order chi connectivity index (χ1) is 32.3.